The van der Waals surface area contributed by atoms with Gasteiger partial charge in [0, 0.05) is 6.54 Å². The standard InChI is InChI=1S/C19H28N2O3/c1-6-21-11-19(4,5)24-18(23)16(21)15(17(20)22)14-9-7-13(8-10-14)12(2)3/h7-10,12,15-16H,6,11H2,1-5H3,(H2,20,22). The Morgan fingerprint density at radius 1 is 1.29 bits per heavy atom. The molecule has 0 saturated carbocycles. The first-order chi connectivity index (χ1) is 11.2. The van der Waals surface area contributed by atoms with Crippen LogP contribution in [0.15, 0.2) is 24.3 Å². The Morgan fingerprint density at radius 2 is 1.83 bits per heavy atom. The quantitative estimate of drug-likeness (QED) is 0.841. The van der Waals surface area contributed by atoms with E-state index in [-0.39, 0.29) is 5.97 Å². The SMILES string of the molecule is CCN1CC(C)(C)OC(=O)C1C(C(N)=O)c1ccc(C(C)C)cc1. The lowest BCUT2D eigenvalue weighted by Gasteiger charge is -2.44. The summed E-state index contributed by atoms with van der Waals surface area (Å²) in [4.78, 5) is 26.8. The van der Waals surface area contributed by atoms with E-state index >= 15 is 0 Å². The zero-order valence-electron chi connectivity index (χ0n) is 15.2. The fourth-order valence-electron chi connectivity index (χ4n) is 3.35. The first-order valence-corrected chi connectivity index (χ1v) is 8.52. The Hall–Kier alpha value is -1.88. The number of cyclic esters (lactones) is 1. The maximum absolute atomic E-state index is 12.6. The van der Waals surface area contributed by atoms with Crippen molar-refractivity contribution in [2.75, 3.05) is 13.1 Å². The lowest BCUT2D eigenvalue weighted by molar-refractivity contribution is -0.180. The Bertz CT molecular complexity index is 608. The Morgan fingerprint density at radius 3 is 2.29 bits per heavy atom. The molecule has 132 valence electrons. The summed E-state index contributed by atoms with van der Waals surface area (Å²) in [6, 6.07) is 7.09. The van der Waals surface area contributed by atoms with E-state index in [1.54, 1.807) is 0 Å². The highest BCUT2D eigenvalue weighted by Crippen LogP contribution is 2.31. The predicted molar refractivity (Wildman–Crippen MR) is 93.7 cm³/mol. The summed E-state index contributed by atoms with van der Waals surface area (Å²) in [5.41, 5.74) is 7.05. The Labute approximate surface area is 144 Å². The molecule has 2 atom stereocenters. The lowest BCUT2D eigenvalue weighted by atomic mass is 9.86. The molecule has 1 saturated heterocycles. The molecule has 2 rings (SSSR count). The fraction of sp³-hybridized carbons (Fsp3) is 0.579. The van der Waals surface area contributed by atoms with Crippen molar-refractivity contribution in [3.8, 4) is 0 Å². The molecule has 1 fully saturated rings. The second-order valence-corrected chi connectivity index (χ2v) is 7.39. The number of amides is 1. The second-order valence-electron chi connectivity index (χ2n) is 7.39. The van der Waals surface area contributed by atoms with Gasteiger partial charge in [0.05, 0.1) is 5.92 Å². The minimum atomic E-state index is -0.713. The van der Waals surface area contributed by atoms with Crippen molar-refractivity contribution in [3.05, 3.63) is 35.4 Å². The summed E-state index contributed by atoms with van der Waals surface area (Å²) in [6.07, 6.45) is 0. The molecule has 5 heteroatoms. The van der Waals surface area contributed by atoms with Crippen molar-refractivity contribution >= 4 is 11.9 Å². The van der Waals surface area contributed by atoms with E-state index in [1.165, 1.54) is 5.56 Å². The first kappa shape index (κ1) is 18.5. The zero-order chi connectivity index (χ0) is 18.1. The van der Waals surface area contributed by atoms with E-state index < -0.39 is 23.5 Å². The molecular formula is C19H28N2O3. The number of carbonyl (C=O) groups is 2. The van der Waals surface area contributed by atoms with Gasteiger partial charge >= 0.3 is 5.97 Å². The van der Waals surface area contributed by atoms with E-state index in [4.69, 9.17) is 10.5 Å². The van der Waals surface area contributed by atoms with Gasteiger partial charge < -0.3 is 10.5 Å². The van der Waals surface area contributed by atoms with Gasteiger partial charge in [-0.1, -0.05) is 45.0 Å². The molecule has 0 aliphatic carbocycles. The average Bonchev–Trinajstić information content (AvgIpc) is 2.48. The number of primary amides is 1. The number of nitrogens with zero attached hydrogens (tertiary/aromatic N) is 1. The van der Waals surface area contributed by atoms with Gasteiger partial charge in [-0.3, -0.25) is 14.5 Å². The summed E-state index contributed by atoms with van der Waals surface area (Å²) in [5.74, 6) is -1.20. The minimum Gasteiger partial charge on any atom is -0.457 e. The van der Waals surface area contributed by atoms with Gasteiger partial charge in [-0.15, -0.1) is 0 Å². The van der Waals surface area contributed by atoms with Gasteiger partial charge in [-0.2, -0.15) is 0 Å². The molecule has 5 nitrogen and oxygen atoms in total. The molecule has 1 aliphatic heterocycles. The number of hydrogen-bond donors (Lipinski definition) is 1. The molecule has 0 spiro atoms. The van der Waals surface area contributed by atoms with Crippen molar-refractivity contribution in [1.29, 1.82) is 0 Å². The predicted octanol–water partition coefficient (Wildman–Crippen LogP) is 2.40. The van der Waals surface area contributed by atoms with Crippen LogP contribution < -0.4 is 5.73 Å². The normalized spacial score (nSPS) is 22.2. The van der Waals surface area contributed by atoms with E-state index in [1.807, 2.05) is 49.9 Å². The molecule has 1 heterocycles. The van der Waals surface area contributed by atoms with Crippen LogP contribution in [0, 0.1) is 0 Å². The highest BCUT2D eigenvalue weighted by Gasteiger charge is 2.46. The van der Waals surface area contributed by atoms with Gasteiger partial charge in [-0.05, 0) is 37.4 Å². The third-order valence-corrected chi connectivity index (χ3v) is 4.59. The van der Waals surface area contributed by atoms with Crippen molar-refractivity contribution in [2.24, 2.45) is 5.73 Å². The number of morpholine rings is 1. The number of carbonyl (C=O) groups excluding carboxylic acids is 2. The van der Waals surface area contributed by atoms with Crippen LogP contribution in [-0.4, -0.2) is 41.5 Å². The average molecular weight is 332 g/mol. The molecule has 1 amide bonds. The van der Waals surface area contributed by atoms with Crippen LogP contribution in [0.5, 0.6) is 0 Å². The molecule has 1 aromatic carbocycles. The summed E-state index contributed by atoms with van der Waals surface area (Å²) in [7, 11) is 0. The monoisotopic (exact) mass is 332 g/mol. The van der Waals surface area contributed by atoms with E-state index in [2.05, 4.69) is 13.8 Å². The molecule has 0 bridgehead atoms. The van der Waals surface area contributed by atoms with E-state index in [9.17, 15) is 9.59 Å². The molecule has 24 heavy (non-hydrogen) atoms. The van der Waals surface area contributed by atoms with Crippen LogP contribution in [0.1, 0.15) is 57.6 Å². The van der Waals surface area contributed by atoms with Crippen LogP contribution in [0.2, 0.25) is 0 Å². The highest BCUT2D eigenvalue weighted by molar-refractivity contribution is 5.91. The lowest BCUT2D eigenvalue weighted by Crippen LogP contribution is -2.60. The van der Waals surface area contributed by atoms with Crippen LogP contribution in [-0.2, 0) is 14.3 Å². The molecule has 0 radical (unpaired) electrons. The third kappa shape index (κ3) is 3.78. The maximum Gasteiger partial charge on any atom is 0.325 e. The third-order valence-electron chi connectivity index (χ3n) is 4.59. The largest absolute Gasteiger partial charge is 0.457 e. The topological polar surface area (TPSA) is 72.6 Å². The van der Waals surface area contributed by atoms with Crippen LogP contribution in [0.3, 0.4) is 0 Å². The first-order valence-electron chi connectivity index (χ1n) is 8.52. The van der Waals surface area contributed by atoms with Gasteiger partial charge in [0.25, 0.3) is 0 Å². The smallest absolute Gasteiger partial charge is 0.325 e. The number of esters is 1. The molecule has 2 unspecified atom stereocenters. The number of nitrogens with two attached hydrogens (primary N) is 1. The summed E-state index contributed by atoms with van der Waals surface area (Å²) in [5, 5.41) is 0. The van der Waals surface area contributed by atoms with Crippen molar-refractivity contribution in [2.45, 2.75) is 58.1 Å². The van der Waals surface area contributed by atoms with Gasteiger partial charge in [0.15, 0.2) is 0 Å². The van der Waals surface area contributed by atoms with E-state index in [0.29, 0.717) is 19.0 Å². The second kappa shape index (κ2) is 6.93. The number of hydrogen-bond acceptors (Lipinski definition) is 4. The van der Waals surface area contributed by atoms with Crippen molar-refractivity contribution < 1.29 is 14.3 Å². The Balaban J connectivity index is 2.39. The van der Waals surface area contributed by atoms with Crippen LogP contribution >= 0.6 is 0 Å². The molecule has 0 aromatic heterocycles. The van der Waals surface area contributed by atoms with Gasteiger partial charge in [0.1, 0.15) is 11.6 Å². The van der Waals surface area contributed by atoms with Gasteiger partial charge in [0.2, 0.25) is 5.91 Å². The van der Waals surface area contributed by atoms with Crippen molar-refractivity contribution in [1.82, 2.24) is 4.90 Å². The molecular weight excluding hydrogens is 304 g/mol. The van der Waals surface area contributed by atoms with E-state index in [0.717, 1.165) is 5.56 Å². The number of ether oxygens (including phenoxy) is 1. The van der Waals surface area contributed by atoms with Crippen LogP contribution in [0.25, 0.3) is 0 Å². The van der Waals surface area contributed by atoms with Crippen LogP contribution in [0.4, 0.5) is 0 Å². The summed E-state index contributed by atoms with van der Waals surface area (Å²) < 4.78 is 5.54. The summed E-state index contributed by atoms with van der Waals surface area (Å²) >= 11 is 0. The fourth-order valence-corrected chi connectivity index (χ4v) is 3.35. The maximum atomic E-state index is 12.6. The number of likely N-dealkylation sites (N-methyl/N-ethyl adjacent to an activating group) is 1. The zero-order valence-corrected chi connectivity index (χ0v) is 15.2. The summed E-state index contributed by atoms with van der Waals surface area (Å²) in [6.45, 7) is 11.2. The number of benzene rings is 1. The molecule has 1 aliphatic rings. The van der Waals surface area contributed by atoms with Gasteiger partial charge in [-0.25, -0.2) is 0 Å². The highest BCUT2D eigenvalue weighted by atomic mass is 16.6. The molecule has 1 aromatic rings. The molecule has 2 N–H and O–H groups in total. The van der Waals surface area contributed by atoms with Crippen molar-refractivity contribution in [3.63, 3.8) is 0 Å². The Kier molecular flexibility index (Phi) is 5.33. The minimum absolute atomic E-state index is 0.384. The number of rotatable bonds is 5.